The van der Waals surface area contributed by atoms with Gasteiger partial charge in [0.1, 0.15) is 22.5 Å². The van der Waals surface area contributed by atoms with Gasteiger partial charge in [0.2, 0.25) is 0 Å². The van der Waals surface area contributed by atoms with Gasteiger partial charge in [0.15, 0.2) is 18.9 Å². The number of piperazine rings is 1. The van der Waals surface area contributed by atoms with Crippen LogP contribution in [0.15, 0.2) is 147 Å². The van der Waals surface area contributed by atoms with Gasteiger partial charge in [0, 0.05) is 95.9 Å². The van der Waals surface area contributed by atoms with Crippen molar-refractivity contribution in [2.75, 3.05) is 122 Å². The largest absolute Gasteiger partial charge is 1.00 e. The number of hydrogen-bond acceptors (Lipinski definition) is 40. The summed E-state index contributed by atoms with van der Waals surface area (Å²) in [6.45, 7) is 3.12. The molecule has 5 rings (SSSR count). The van der Waals surface area contributed by atoms with Crippen LogP contribution in [0.25, 0.3) is 141 Å². The Morgan fingerprint density at radius 1 is 0.513 bits per heavy atom. The van der Waals surface area contributed by atoms with Crippen molar-refractivity contribution >= 4 is 87.0 Å². The maximum Gasteiger partial charge on any atom is 1.00 e. The zero-order valence-electron chi connectivity index (χ0n) is 59.2. The van der Waals surface area contributed by atoms with Crippen LogP contribution in [0.3, 0.4) is 0 Å². The number of fused-ring (bicyclic) bond motifs is 2. The molecule has 0 amide bonds. The van der Waals surface area contributed by atoms with Gasteiger partial charge in [-0.3, -0.25) is 90.6 Å². The summed E-state index contributed by atoms with van der Waals surface area (Å²) in [6, 6.07) is 7.54. The van der Waals surface area contributed by atoms with Gasteiger partial charge < -0.3 is 26.7 Å². The molecule has 3 aliphatic rings. The zero-order chi connectivity index (χ0) is 89.8. The second kappa shape index (κ2) is 77.0. The Hall–Kier alpha value is -16.3. The summed E-state index contributed by atoms with van der Waals surface area (Å²) in [5, 5.41) is 156. The number of nitrogens with zero attached hydrogens (tertiary/aromatic N) is 54. The third-order valence-corrected chi connectivity index (χ3v) is 12.0. The second-order valence-corrected chi connectivity index (χ2v) is 19.2. The van der Waals surface area contributed by atoms with E-state index in [4.69, 9.17) is 126 Å². The molecular weight excluding hydrogens is 1700 g/mol. The molecule has 2 unspecified atom stereocenters. The van der Waals surface area contributed by atoms with E-state index in [-0.39, 0.29) is 161 Å². The number of non-ortho nitro benzene ring substituents is 3. The van der Waals surface area contributed by atoms with E-state index >= 15 is 0 Å². The predicted molar refractivity (Wildman–Crippen MR) is 402 cm³/mol. The molecule has 119 heavy (non-hydrogen) atoms. The number of nitrogens with two attached hydrogens (primary N) is 1. The van der Waals surface area contributed by atoms with E-state index in [1.165, 1.54) is 23.1 Å². The summed E-state index contributed by atoms with van der Waals surface area (Å²) in [6.07, 6.45) is 0. The first kappa shape index (κ1) is 121. The average Bonchev–Trinajstić information content (AvgIpc) is 1.60. The SMILES string of the molecule is C.C=C(CN=[N+]=[N-])CN=[N+]=[N-].Cl.NO.O=C(CCl)CCl.O=[N+]([O-])O.O=[N+]([O-])c1cccc([N+](=O)[O-])c1.[N-]=[N+]=NCC(=O)CN=[N+]=[N-].[N-]=[N+]=NCC(CN=[N+]=[N-])([N+](=O)[O-])[N+](=O)[O-].[N-]=[N+]=NCC(CN=[N+]=[N-])=NNc1ccc([N+](=O)[O-])cc1[N+](=O)[O-].[N-]=[N+]=NCC(CN=[N+]=[N-])=NO.[N-]=[N+]=NCC12CN=NN1CC1(CN=[N+]=[N-])CN=NN1C2.[N-]=[N+]=[N-].[Na+]. The van der Waals surface area contributed by atoms with Crippen molar-refractivity contribution in [3.8, 4) is 0 Å². The number of halogens is 3. The van der Waals surface area contributed by atoms with Crippen LogP contribution in [0, 0.1) is 70.8 Å². The molecule has 6 N–H and O–H groups in total. The first-order valence-electron chi connectivity index (χ1n) is 28.2. The number of benzene rings is 2. The first-order chi connectivity index (χ1) is 55.3. The Balaban J connectivity index is -0.000000167. The van der Waals surface area contributed by atoms with Gasteiger partial charge in [-0.2, -0.15) is 15.3 Å². The number of ketones is 2. The maximum atomic E-state index is 10.9. The van der Waals surface area contributed by atoms with Crippen LogP contribution in [0.4, 0.5) is 28.4 Å². The van der Waals surface area contributed by atoms with E-state index in [1.54, 1.807) is 0 Å². The molecule has 632 valence electrons. The molecule has 0 bridgehead atoms. The van der Waals surface area contributed by atoms with Gasteiger partial charge in [-0.05, 0) is 78.5 Å². The van der Waals surface area contributed by atoms with Crippen LogP contribution in [0.5, 0.6) is 0 Å². The molecule has 3 aliphatic heterocycles. The van der Waals surface area contributed by atoms with E-state index in [2.05, 4.69) is 169 Å². The van der Waals surface area contributed by atoms with Gasteiger partial charge in [-0.15, -0.1) is 45.7 Å². The van der Waals surface area contributed by atoms with Crippen molar-refractivity contribution in [3.05, 3.63) is 267 Å². The Labute approximate surface area is 694 Å². The number of nitro benzene ring substituents is 4. The Bertz CT molecular complexity index is 4210. The number of nitro groups is 6. The fourth-order valence-electron chi connectivity index (χ4n) is 6.42. The molecule has 3 heterocycles. The second-order valence-electron chi connectivity index (χ2n) is 18.6. The Morgan fingerprint density at radius 3 is 1.11 bits per heavy atom. The number of nitrogens with one attached hydrogen (secondary N) is 1. The smallest absolute Gasteiger partial charge is 0.411 e. The molecule has 2 aromatic rings. The van der Waals surface area contributed by atoms with Crippen LogP contribution in [-0.4, -0.2) is 216 Å². The van der Waals surface area contributed by atoms with Crippen LogP contribution in [-0.2, 0) is 9.59 Å². The number of hydrogen-bond donors (Lipinski definition) is 5. The van der Waals surface area contributed by atoms with Crippen LogP contribution in [0.1, 0.15) is 7.43 Å². The number of carbonyl (C=O) groups is 2. The van der Waals surface area contributed by atoms with E-state index in [1.807, 2.05) is 10.0 Å². The topological polar surface area (TPSA) is 1160 Å². The van der Waals surface area contributed by atoms with Crippen molar-refractivity contribution in [3.63, 3.8) is 0 Å². The standard InChI is InChI=1S/C9H8N10O4.C8H12N12.C6H4N2O4.C4H6N6.C3H4Cl2O.C3H4N8O4.C3H5N7O.C3H4N6O.CH4.ClH.N3.HNO3.H3NO.Na/c10-16-12-4-6(5-13-17-11)14-15-8-2-1-7(18(20)21)3-9(8)19(22)23;9-15-11-1-7-3-13-17-19(7)6-8(2-12-16-10)4-14-18-20(8)5-7;9-7(10)5-2-1-3-6(4-5)8(11)12;1-4(2-7-9-5)3-8-10-6;4-1-3(6)2-5;4-8-6-1-3(10(12)13,11(14)15)2-7-9-5;4-9-6-1-3(8-11)2-7-10-5;4-8-6-1-3(10)2-7-9-5;;;1-3-2;2-1(3)4;1-2;/h1-3,15H,4-5H2;1-6H2;1-4H;1-3H2;1-2H2;1-2H2;11H,1-2H2;1-2H2;1H4;1H;;(H,2,3,4);2H,1H2;/q;;;;;;;;;;-1;;;+1. The normalized spacial score (nSPS) is 12.1. The summed E-state index contributed by atoms with van der Waals surface area (Å²) in [5.74, 6) is 3.04. The number of carbonyl (C=O) groups excluding carboxylic acids is 2. The summed E-state index contributed by atoms with van der Waals surface area (Å²) in [4.78, 5) is 117. The Kier molecular flexibility index (Phi) is 78.3. The molecule has 1 saturated heterocycles. The number of azide groups is 12. The quantitative estimate of drug-likeness (QED) is 0.00371. The third-order valence-electron chi connectivity index (χ3n) is 11.4. The minimum atomic E-state index is -2.79. The minimum absolute atomic E-state index is 0. The van der Waals surface area contributed by atoms with Crippen molar-refractivity contribution in [1.29, 1.82) is 0 Å². The van der Waals surface area contributed by atoms with Crippen molar-refractivity contribution in [1.82, 2.24) is 10.0 Å². The minimum Gasteiger partial charge on any atom is -0.411 e. The van der Waals surface area contributed by atoms with Crippen LogP contribution in [0.2, 0.25) is 0 Å². The van der Waals surface area contributed by atoms with Gasteiger partial charge in [-0.25, -0.2) is 5.90 Å². The molecule has 0 saturated carbocycles. The molecule has 0 spiro atoms. The van der Waals surface area contributed by atoms with E-state index in [0.717, 1.165) is 24.3 Å². The molecule has 1 fully saturated rings. The molecule has 2 aromatic carbocycles. The van der Waals surface area contributed by atoms with Gasteiger partial charge in [0.25, 0.3) is 22.1 Å². The summed E-state index contributed by atoms with van der Waals surface area (Å²) in [7, 11) is 0. The van der Waals surface area contributed by atoms with Gasteiger partial charge in [0.05, 0.1) is 138 Å². The van der Waals surface area contributed by atoms with E-state index in [0.29, 0.717) is 31.8 Å². The molecule has 79 heteroatoms. The van der Waals surface area contributed by atoms with Gasteiger partial charge in [-0.1, -0.05) is 96.6 Å². The third kappa shape index (κ3) is 56.5. The summed E-state index contributed by atoms with van der Waals surface area (Å²) < 4.78 is 0. The number of hydrazone groups is 1. The zero-order valence-corrected chi connectivity index (χ0v) is 63.6. The molecule has 0 radical (unpaired) electrons. The fourth-order valence-corrected chi connectivity index (χ4v) is 6.71. The van der Waals surface area contributed by atoms with Crippen molar-refractivity contribution in [2.45, 2.75) is 24.2 Å². The van der Waals surface area contributed by atoms with Crippen LogP contribution >= 0.6 is 35.6 Å². The van der Waals surface area contributed by atoms with Crippen molar-refractivity contribution in [2.24, 2.45) is 98.2 Å². The number of rotatable bonds is 34. The van der Waals surface area contributed by atoms with Crippen molar-refractivity contribution < 1.29 is 89.4 Å². The average molecular weight is 1750 g/mol. The maximum absolute atomic E-state index is 10.9. The summed E-state index contributed by atoms with van der Waals surface area (Å²) in [5.41, 5.74) is 108. The summed E-state index contributed by atoms with van der Waals surface area (Å²) >= 11 is 10.0. The number of oxime groups is 1. The molecule has 75 nitrogen and oxygen atoms in total. The number of alkyl halides is 2. The fraction of sp³-hybridized carbons (Fsp3) is 0.550. The molecule has 0 aliphatic carbocycles. The predicted octanol–water partition coefficient (Wildman–Crippen LogP) is 10.4. The van der Waals surface area contributed by atoms with E-state index < -0.39 is 81.6 Å². The number of Topliss-reactive ketones (excluding diaryl/α,β-unsaturated/α-hetero) is 2. The molecule has 0 aromatic heterocycles. The monoisotopic (exact) mass is 1750 g/mol. The molecule has 2 atom stereocenters. The van der Waals surface area contributed by atoms with Gasteiger partial charge >= 0.3 is 40.9 Å². The first-order valence-corrected chi connectivity index (χ1v) is 29.3. The van der Waals surface area contributed by atoms with Crippen LogP contribution < -0.4 is 40.9 Å². The van der Waals surface area contributed by atoms with E-state index in [9.17, 15) is 70.3 Å². The molecular formula is C40H56Cl3N56NaO19. The number of anilines is 1. The Morgan fingerprint density at radius 2 is 0.824 bits per heavy atom.